The van der Waals surface area contributed by atoms with Crippen molar-refractivity contribution in [1.82, 2.24) is 14.9 Å². The van der Waals surface area contributed by atoms with Crippen LogP contribution in [0, 0.1) is 11.3 Å². The Kier molecular flexibility index (Phi) is 4.03. The molecule has 0 aliphatic rings. The minimum absolute atomic E-state index is 0.0745. The Bertz CT molecular complexity index is 656. The quantitative estimate of drug-likeness (QED) is 0.866. The van der Waals surface area contributed by atoms with Gasteiger partial charge in [-0.05, 0) is 18.2 Å². The van der Waals surface area contributed by atoms with Crippen molar-refractivity contribution >= 4 is 28.5 Å². The molecule has 0 unspecified atom stereocenters. The van der Waals surface area contributed by atoms with E-state index in [0.29, 0.717) is 18.7 Å². The third-order valence-electron chi connectivity index (χ3n) is 2.79. The van der Waals surface area contributed by atoms with Crippen LogP contribution < -0.4 is 5.32 Å². The fourth-order valence-electron chi connectivity index (χ4n) is 1.94. The molecule has 0 atom stereocenters. The zero-order chi connectivity index (χ0) is 13.8. The smallest absolute Gasteiger partial charge is 0.216 e. The number of carbonyl (C=O) groups excluding carboxylic acids is 1. The summed E-state index contributed by atoms with van der Waals surface area (Å²) in [5.74, 6) is 0.947. The van der Waals surface area contributed by atoms with E-state index in [1.807, 2.05) is 4.57 Å². The van der Waals surface area contributed by atoms with Gasteiger partial charge in [-0.15, -0.1) is 11.6 Å². The third-order valence-corrected chi connectivity index (χ3v) is 3.02. The van der Waals surface area contributed by atoms with Gasteiger partial charge in [0, 0.05) is 20.0 Å². The van der Waals surface area contributed by atoms with Crippen LogP contribution in [0.2, 0.25) is 0 Å². The molecule has 1 N–H and O–H groups in total. The lowest BCUT2D eigenvalue weighted by molar-refractivity contribution is -0.118. The van der Waals surface area contributed by atoms with Crippen molar-refractivity contribution in [2.45, 2.75) is 19.3 Å². The monoisotopic (exact) mass is 276 g/mol. The second kappa shape index (κ2) is 5.72. The third kappa shape index (κ3) is 2.85. The summed E-state index contributed by atoms with van der Waals surface area (Å²) in [6.07, 6.45) is 0. The van der Waals surface area contributed by atoms with Gasteiger partial charge in [-0.2, -0.15) is 5.26 Å². The minimum Gasteiger partial charge on any atom is -0.355 e. The molecule has 19 heavy (non-hydrogen) atoms. The highest BCUT2D eigenvalue weighted by Crippen LogP contribution is 2.19. The van der Waals surface area contributed by atoms with Gasteiger partial charge >= 0.3 is 0 Å². The summed E-state index contributed by atoms with van der Waals surface area (Å²) in [7, 11) is 0. The zero-order valence-electron chi connectivity index (χ0n) is 10.5. The molecule has 1 aromatic carbocycles. The van der Waals surface area contributed by atoms with Crippen molar-refractivity contribution in [3.63, 3.8) is 0 Å². The van der Waals surface area contributed by atoms with Gasteiger partial charge in [0.05, 0.1) is 28.5 Å². The second-order valence-electron chi connectivity index (χ2n) is 4.11. The van der Waals surface area contributed by atoms with Crippen molar-refractivity contribution in [2.24, 2.45) is 0 Å². The van der Waals surface area contributed by atoms with Gasteiger partial charge in [-0.3, -0.25) is 4.79 Å². The minimum atomic E-state index is -0.0745. The van der Waals surface area contributed by atoms with E-state index in [0.717, 1.165) is 16.9 Å². The SMILES string of the molecule is CC(=O)NCCn1c(CCl)nc2ccc(C#N)cc21. The fraction of sp³-hybridized carbons (Fsp3) is 0.308. The van der Waals surface area contributed by atoms with Crippen LogP contribution >= 0.6 is 11.6 Å². The Morgan fingerprint density at radius 3 is 3.00 bits per heavy atom. The van der Waals surface area contributed by atoms with Crippen LogP contribution in [0.15, 0.2) is 18.2 Å². The number of fused-ring (bicyclic) bond motifs is 1. The van der Waals surface area contributed by atoms with Crippen LogP contribution in [0.1, 0.15) is 18.3 Å². The highest BCUT2D eigenvalue weighted by molar-refractivity contribution is 6.16. The van der Waals surface area contributed by atoms with Crippen molar-refractivity contribution < 1.29 is 4.79 Å². The van der Waals surface area contributed by atoms with Crippen molar-refractivity contribution in [3.8, 4) is 6.07 Å². The maximum absolute atomic E-state index is 10.9. The number of hydrogen-bond acceptors (Lipinski definition) is 3. The highest BCUT2D eigenvalue weighted by atomic mass is 35.5. The Morgan fingerprint density at radius 2 is 2.37 bits per heavy atom. The number of nitrogens with zero attached hydrogens (tertiary/aromatic N) is 3. The first-order chi connectivity index (χ1) is 9.15. The van der Waals surface area contributed by atoms with Crippen molar-refractivity contribution in [2.75, 3.05) is 6.54 Å². The number of nitrogens with one attached hydrogen (secondary N) is 1. The first-order valence-corrected chi connectivity index (χ1v) is 6.39. The van der Waals surface area contributed by atoms with Gasteiger partial charge in [0.15, 0.2) is 0 Å². The highest BCUT2D eigenvalue weighted by Gasteiger charge is 2.10. The Labute approximate surface area is 115 Å². The van der Waals surface area contributed by atoms with Crippen molar-refractivity contribution in [3.05, 3.63) is 29.6 Å². The number of imidazole rings is 1. The summed E-state index contributed by atoms with van der Waals surface area (Å²) in [4.78, 5) is 15.3. The summed E-state index contributed by atoms with van der Waals surface area (Å²) >= 11 is 5.88. The van der Waals surface area contributed by atoms with Gasteiger partial charge in [-0.1, -0.05) is 0 Å². The maximum Gasteiger partial charge on any atom is 0.216 e. The number of rotatable bonds is 4. The predicted molar refractivity (Wildman–Crippen MR) is 72.7 cm³/mol. The lowest BCUT2D eigenvalue weighted by atomic mass is 10.2. The molecule has 0 saturated carbocycles. The molecule has 2 aromatic rings. The van der Waals surface area contributed by atoms with E-state index in [1.54, 1.807) is 18.2 Å². The molecule has 0 radical (unpaired) electrons. The largest absolute Gasteiger partial charge is 0.355 e. The van der Waals surface area contributed by atoms with Crippen molar-refractivity contribution in [1.29, 1.82) is 5.26 Å². The molecule has 0 spiro atoms. The van der Waals surface area contributed by atoms with Crippen LogP contribution in [0.25, 0.3) is 11.0 Å². The molecule has 1 amide bonds. The van der Waals surface area contributed by atoms with Gasteiger partial charge in [0.1, 0.15) is 5.82 Å². The number of carbonyl (C=O) groups is 1. The molecular formula is C13H13ClN4O. The number of hydrogen-bond donors (Lipinski definition) is 1. The van der Waals surface area contributed by atoms with Crippen LogP contribution in [0.3, 0.4) is 0 Å². The fourth-order valence-corrected chi connectivity index (χ4v) is 2.14. The van der Waals surface area contributed by atoms with Gasteiger partial charge in [0.25, 0.3) is 0 Å². The van der Waals surface area contributed by atoms with Gasteiger partial charge < -0.3 is 9.88 Å². The van der Waals surface area contributed by atoms with E-state index in [4.69, 9.17) is 16.9 Å². The summed E-state index contributed by atoms with van der Waals surface area (Å²) in [6.45, 7) is 2.55. The normalized spacial score (nSPS) is 10.4. The summed E-state index contributed by atoms with van der Waals surface area (Å²) in [5, 5.41) is 11.7. The molecule has 2 rings (SSSR count). The second-order valence-corrected chi connectivity index (χ2v) is 4.38. The number of halogens is 1. The summed E-state index contributed by atoms with van der Waals surface area (Å²) in [5.41, 5.74) is 2.24. The van der Waals surface area contributed by atoms with Gasteiger partial charge in [-0.25, -0.2) is 4.98 Å². The number of aromatic nitrogens is 2. The first-order valence-electron chi connectivity index (χ1n) is 5.85. The molecular weight excluding hydrogens is 264 g/mol. The van der Waals surface area contributed by atoms with Crippen LogP contribution in [-0.4, -0.2) is 22.0 Å². The molecule has 0 aliphatic carbocycles. The lowest BCUT2D eigenvalue weighted by Crippen LogP contribution is -2.24. The van der Waals surface area contributed by atoms with E-state index >= 15 is 0 Å². The molecule has 98 valence electrons. The van der Waals surface area contributed by atoms with E-state index in [1.165, 1.54) is 6.92 Å². The number of nitriles is 1. The average molecular weight is 277 g/mol. The van der Waals surface area contributed by atoms with Gasteiger partial charge in [0.2, 0.25) is 5.91 Å². The molecule has 1 heterocycles. The van der Waals surface area contributed by atoms with Crippen LogP contribution in [0.4, 0.5) is 0 Å². The first kappa shape index (κ1) is 13.4. The average Bonchev–Trinajstić information content (AvgIpc) is 2.75. The summed E-state index contributed by atoms with van der Waals surface area (Å²) < 4.78 is 1.93. The molecule has 1 aromatic heterocycles. The number of amides is 1. The molecule has 6 heteroatoms. The van der Waals surface area contributed by atoms with E-state index < -0.39 is 0 Å². The molecule has 5 nitrogen and oxygen atoms in total. The molecule has 0 bridgehead atoms. The van der Waals surface area contributed by atoms with E-state index in [2.05, 4.69) is 16.4 Å². The Morgan fingerprint density at radius 1 is 1.58 bits per heavy atom. The maximum atomic E-state index is 10.9. The predicted octanol–water partition coefficient (Wildman–Crippen LogP) is 1.78. The lowest BCUT2D eigenvalue weighted by Gasteiger charge is -2.08. The standard InChI is InChI=1S/C13H13ClN4O/c1-9(19)16-4-5-18-12-6-10(8-15)2-3-11(12)17-13(18)7-14/h2-3,6H,4-5,7H2,1H3,(H,16,19). The summed E-state index contributed by atoms with van der Waals surface area (Å²) in [6, 6.07) is 7.42. The molecule has 0 aliphatic heterocycles. The number of alkyl halides is 1. The van der Waals surface area contributed by atoms with E-state index in [-0.39, 0.29) is 11.8 Å². The topological polar surface area (TPSA) is 70.7 Å². The molecule has 0 saturated heterocycles. The Hall–Kier alpha value is -2.06. The zero-order valence-corrected chi connectivity index (χ0v) is 11.2. The number of benzene rings is 1. The van der Waals surface area contributed by atoms with Crippen LogP contribution in [-0.2, 0) is 17.2 Å². The Balaban J connectivity index is 2.38. The van der Waals surface area contributed by atoms with Crippen LogP contribution in [0.5, 0.6) is 0 Å². The molecule has 0 fully saturated rings. The van der Waals surface area contributed by atoms with E-state index in [9.17, 15) is 4.79 Å².